The van der Waals surface area contributed by atoms with Gasteiger partial charge in [0.05, 0.1) is 5.56 Å². The van der Waals surface area contributed by atoms with Gasteiger partial charge < -0.3 is 10.2 Å². The first-order valence-corrected chi connectivity index (χ1v) is 5.85. The van der Waals surface area contributed by atoms with Crippen molar-refractivity contribution in [3.8, 4) is 0 Å². The van der Waals surface area contributed by atoms with E-state index < -0.39 is 11.9 Å². The van der Waals surface area contributed by atoms with Gasteiger partial charge in [-0.2, -0.15) is 0 Å². The molecule has 2 rings (SSSR count). The lowest BCUT2D eigenvalue weighted by Crippen LogP contribution is -2.18. The van der Waals surface area contributed by atoms with Crippen molar-refractivity contribution in [2.75, 3.05) is 6.54 Å². The Labute approximate surface area is 105 Å². The molecule has 0 spiro atoms. The van der Waals surface area contributed by atoms with Crippen LogP contribution in [0.25, 0.3) is 0 Å². The van der Waals surface area contributed by atoms with Crippen molar-refractivity contribution < 1.29 is 19.8 Å². The molecule has 1 aliphatic heterocycles. The summed E-state index contributed by atoms with van der Waals surface area (Å²) in [5.74, 6) is -1.69. The molecule has 5 heteroatoms. The minimum atomic E-state index is -0.915. The third kappa shape index (κ3) is 2.87. The maximum atomic E-state index is 10.9. The summed E-state index contributed by atoms with van der Waals surface area (Å²) in [6.07, 6.45) is 0.794. The lowest BCUT2D eigenvalue weighted by atomic mass is 10.1. The second kappa shape index (κ2) is 5.18. The van der Waals surface area contributed by atoms with E-state index in [0.717, 1.165) is 24.2 Å². The molecule has 1 aromatic rings. The van der Waals surface area contributed by atoms with Gasteiger partial charge in [0.25, 0.3) is 0 Å². The van der Waals surface area contributed by atoms with E-state index in [1.54, 1.807) is 12.1 Å². The van der Waals surface area contributed by atoms with Crippen LogP contribution in [-0.2, 0) is 17.9 Å². The normalized spacial score (nSPS) is 14.4. The van der Waals surface area contributed by atoms with Crippen LogP contribution in [0.2, 0.25) is 0 Å². The molecule has 0 unspecified atom stereocenters. The van der Waals surface area contributed by atoms with Gasteiger partial charge in [-0.1, -0.05) is 6.07 Å². The average Bonchev–Trinajstić information content (AvgIpc) is 2.69. The smallest absolute Gasteiger partial charge is 0.335 e. The maximum Gasteiger partial charge on any atom is 0.335 e. The predicted octanol–water partition coefficient (Wildman–Crippen LogP) is 1.57. The maximum absolute atomic E-state index is 10.9. The summed E-state index contributed by atoms with van der Waals surface area (Å²) in [6.45, 7) is 2.20. The largest absolute Gasteiger partial charge is 0.481 e. The summed E-state index contributed by atoms with van der Waals surface area (Å²) in [4.78, 5) is 23.4. The average molecular weight is 249 g/mol. The van der Waals surface area contributed by atoms with Crippen molar-refractivity contribution in [3.63, 3.8) is 0 Å². The van der Waals surface area contributed by atoms with Crippen LogP contribution in [0, 0.1) is 0 Å². The second-order valence-corrected chi connectivity index (χ2v) is 4.50. The fourth-order valence-electron chi connectivity index (χ4n) is 2.21. The third-order valence-corrected chi connectivity index (χ3v) is 3.11. The summed E-state index contributed by atoms with van der Waals surface area (Å²) >= 11 is 0. The standard InChI is InChI=1S/C13H15NO4/c15-12(16)2-1-5-14-7-10-4-3-9(13(17)18)6-11(10)8-14/h3-4,6H,1-2,5,7-8H2,(H,15,16)(H,17,18). The first-order valence-electron chi connectivity index (χ1n) is 5.85. The Morgan fingerprint density at radius 3 is 2.56 bits per heavy atom. The molecule has 96 valence electrons. The number of benzene rings is 1. The molecule has 0 aromatic heterocycles. The molecule has 0 amide bonds. The van der Waals surface area contributed by atoms with Crippen molar-refractivity contribution in [1.29, 1.82) is 0 Å². The minimum Gasteiger partial charge on any atom is -0.481 e. The molecular weight excluding hydrogens is 234 g/mol. The van der Waals surface area contributed by atoms with Crippen LogP contribution in [0.5, 0.6) is 0 Å². The summed E-state index contributed by atoms with van der Waals surface area (Å²) < 4.78 is 0. The lowest BCUT2D eigenvalue weighted by molar-refractivity contribution is -0.137. The number of fused-ring (bicyclic) bond motifs is 1. The molecular formula is C13H15NO4. The Balaban J connectivity index is 1.95. The highest BCUT2D eigenvalue weighted by atomic mass is 16.4. The van der Waals surface area contributed by atoms with Gasteiger partial charge in [0, 0.05) is 19.5 Å². The van der Waals surface area contributed by atoms with Crippen molar-refractivity contribution >= 4 is 11.9 Å². The van der Waals surface area contributed by atoms with Crippen LogP contribution in [0.15, 0.2) is 18.2 Å². The first-order chi connectivity index (χ1) is 8.56. The zero-order chi connectivity index (χ0) is 13.1. The predicted molar refractivity (Wildman–Crippen MR) is 64.4 cm³/mol. The lowest BCUT2D eigenvalue weighted by Gasteiger charge is -2.13. The van der Waals surface area contributed by atoms with Gasteiger partial charge in [-0.05, 0) is 36.2 Å². The molecule has 0 aliphatic carbocycles. The van der Waals surface area contributed by atoms with E-state index in [9.17, 15) is 9.59 Å². The van der Waals surface area contributed by atoms with E-state index in [1.165, 1.54) is 0 Å². The van der Waals surface area contributed by atoms with Crippen molar-refractivity contribution in [3.05, 3.63) is 34.9 Å². The fraction of sp³-hybridized carbons (Fsp3) is 0.385. The van der Waals surface area contributed by atoms with Crippen LogP contribution in [0.1, 0.15) is 34.3 Å². The SMILES string of the molecule is O=C(O)CCCN1Cc2ccc(C(=O)O)cc2C1. The molecule has 0 fully saturated rings. The summed E-state index contributed by atoms with van der Waals surface area (Å²) in [5.41, 5.74) is 2.47. The van der Waals surface area contributed by atoms with E-state index in [2.05, 4.69) is 4.90 Å². The van der Waals surface area contributed by atoms with Crippen LogP contribution in [-0.4, -0.2) is 33.6 Å². The van der Waals surface area contributed by atoms with E-state index >= 15 is 0 Å². The molecule has 2 N–H and O–H groups in total. The molecule has 0 saturated carbocycles. The third-order valence-electron chi connectivity index (χ3n) is 3.11. The van der Waals surface area contributed by atoms with Crippen LogP contribution >= 0.6 is 0 Å². The van der Waals surface area contributed by atoms with Gasteiger partial charge >= 0.3 is 11.9 Å². The second-order valence-electron chi connectivity index (χ2n) is 4.50. The van der Waals surface area contributed by atoms with Crippen molar-refractivity contribution in [2.45, 2.75) is 25.9 Å². The molecule has 1 aromatic carbocycles. The molecule has 0 saturated heterocycles. The van der Waals surface area contributed by atoms with Gasteiger partial charge in [-0.15, -0.1) is 0 Å². The van der Waals surface area contributed by atoms with Crippen LogP contribution in [0.4, 0.5) is 0 Å². The highest BCUT2D eigenvalue weighted by molar-refractivity contribution is 5.87. The minimum absolute atomic E-state index is 0.174. The van der Waals surface area contributed by atoms with Gasteiger partial charge in [-0.3, -0.25) is 9.69 Å². The van der Waals surface area contributed by atoms with Crippen LogP contribution < -0.4 is 0 Å². The summed E-state index contributed by atoms with van der Waals surface area (Å²) in [7, 11) is 0. The molecule has 0 atom stereocenters. The fourth-order valence-corrected chi connectivity index (χ4v) is 2.21. The van der Waals surface area contributed by atoms with Crippen LogP contribution in [0.3, 0.4) is 0 Å². The number of carbonyl (C=O) groups is 2. The van der Waals surface area contributed by atoms with E-state index in [-0.39, 0.29) is 6.42 Å². The summed E-state index contributed by atoms with van der Waals surface area (Å²) in [5, 5.41) is 17.5. The molecule has 5 nitrogen and oxygen atoms in total. The zero-order valence-electron chi connectivity index (χ0n) is 9.93. The number of hydrogen-bond acceptors (Lipinski definition) is 3. The Kier molecular flexibility index (Phi) is 3.62. The summed E-state index contributed by atoms with van der Waals surface area (Å²) in [6, 6.07) is 5.16. The van der Waals surface area contributed by atoms with Gasteiger partial charge in [0.2, 0.25) is 0 Å². The van der Waals surface area contributed by atoms with Gasteiger partial charge in [0.1, 0.15) is 0 Å². The molecule has 0 bridgehead atoms. The van der Waals surface area contributed by atoms with Crippen molar-refractivity contribution in [1.82, 2.24) is 4.90 Å². The molecule has 1 aliphatic rings. The number of carboxylic acids is 2. The number of hydrogen-bond donors (Lipinski definition) is 2. The zero-order valence-corrected chi connectivity index (χ0v) is 9.93. The Bertz CT molecular complexity index is 484. The number of aliphatic carboxylic acids is 1. The van der Waals surface area contributed by atoms with Crippen molar-refractivity contribution in [2.24, 2.45) is 0 Å². The van der Waals surface area contributed by atoms with E-state index in [0.29, 0.717) is 18.5 Å². The molecule has 1 heterocycles. The number of aromatic carboxylic acids is 1. The molecule has 18 heavy (non-hydrogen) atoms. The molecule has 0 radical (unpaired) electrons. The highest BCUT2D eigenvalue weighted by Crippen LogP contribution is 2.24. The van der Waals surface area contributed by atoms with E-state index in [1.807, 2.05) is 6.07 Å². The van der Waals surface area contributed by atoms with E-state index in [4.69, 9.17) is 10.2 Å². The Morgan fingerprint density at radius 1 is 1.17 bits per heavy atom. The Morgan fingerprint density at radius 2 is 1.89 bits per heavy atom. The van der Waals surface area contributed by atoms with Gasteiger partial charge in [-0.25, -0.2) is 4.79 Å². The Hall–Kier alpha value is -1.88. The number of carboxylic acid groups (broad SMARTS) is 2. The monoisotopic (exact) mass is 249 g/mol. The topological polar surface area (TPSA) is 77.8 Å². The number of nitrogens with zero attached hydrogens (tertiary/aromatic N) is 1. The first kappa shape index (κ1) is 12.6. The highest BCUT2D eigenvalue weighted by Gasteiger charge is 2.19. The quantitative estimate of drug-likeness (QED) is 0.828. The van der Waals surface area contributed by atoms with Gasteiger partial charge in [0.15, 0.2) is 0 Å². The number of rotatable bonds is 5.